The van der Waals surface area contributed by atoms with Gasteiger partial charge >= 0.3 is 5.97 Å². The zero-order chi connectivity index (χ0) is 16.7. The van der Waals surface area contributed by atoms with Gasteiger partial charge in [-0.15, -0.1) is 0 Å². The molecule has 2 aromatic rings. The molecule has 2 rings (SSSR count). The van der Waals surface area contributed by atoms with Crippen LogP contribution in [-0.4, -0.2) is 23.5 Å². The molecule has 5 nitrogen and oxygen atoms in total. The number of aromatic nitrogens is 1. The van der Waals surface area contributed by atoms with E-state index in [0.717, 1.165) is 5.56 Å². The Bertz CT molecular complexity index is 671. The summed E-state index contributed by atoms with van der Waals surface area (Å²) in [5.41, 5.74) is 1.83. The zero-order valence-corrected chi connectivity index (χ0v) is 13.3. The lowest BCUT2D eigenvalue weighted by molar-refractivity contribution is -0.116. The lowest BCUT2D eigenvalue weighted by atomic mass is 9.99. The van der Waals surface area contributed by atoms with Gasteiger partial charge in [-0.2, -0.15) is 0 Å². The Kier molecular flexibility index (Phi) is 5.86. The SMILES string of the molecule is CCOC(=O)c1ccccc1NC(=O)CC(C)c1cccnc1. The van der Waals surface area contributed by atoms with Crippen molar-refractivity contribution in [3.63, 3.8) is 0 Å². The number of esters is 1. The summed E-state index contributed by atoms with van der Waals surface area (Å²) >= 11 is 0. The first-order chi connectivity index (χ1) is 11.1. The average molecular weight is 312 g/mol. The summed E-state index contributed by atoms with van der Waals surface area (Å²) in [5, 5.41) is 2.79. The third-order valence-electron chi connectivity index (χ3n) is 3.44. The Hall–Kier alpha value is -2.69. The maximum atomic E-state index is 12.2. The number of rotatable bonds is 6. The lowest BCUT2D eigenvalue weighted by Gasteiger charge is -2.13. The smallest absolute Gasteiger partial charge is 0.340 e. The molecule has 0 saturated heterocycles. The second-order valence-electron chi connectivity index (χ2n) is 5.21. The number of benzene rings is 1. The molecule has 120 valence electrons. The quantitative estimate of drug-likeness (QED) is 0.830. The van der Waals surface area contributed by atoms with Crippen LogP contribution in [0.25, 0.3) is 0 Å². The van der Waals surface area contributed by atoms with Gasteiger partial charge in [0.25, 0.3) is 0 Å². The summed E-state index contributed by atoms with van der Waals surface area (Å²) in [6.07, 6.45) is 3.76. The minimum Gasteiger partial charge on any atom is -0.462 e. The van der Waals surface area contributed by atoms with Crippen molar-refractivity contribution >= 4 is 17.6 Å². The number of carbonyl (C=O) groups is 2. The highest BCUT2D eigenvalue weighted by atomic mass is 16.5. The molecule has 1 atom stereocenters. The molecule has 0 aliphatic rings. The number of nitrogens with one attached hydrogen (secondary N) is 1. The molecular weight excluding hydrogens is 292 g/mol. The Balaban J connectivity index is 2.04. The summed E-state index contributed by atoms with van der Waals surface area (Å²) in [6, 6.07) is 10.6. The van der Waals surface area contributed by atoms with Crippen LogP contribution in [0.5, 0.6) is 0 Å². The fourth-order valence-electron chi connectivity index (χ4n) is 2.24. The number of nitrogens with zero attached hydrogens (tertiary/aromatic N) is 1. The topological polar surface area (TPSA) is 68.3 Å². The number of para-hydroxylation sites is 1. The number of pyridine rings is 1. The molecule has 0 saturated carbocycles. The van der Waals surface area contributed by atoms with Crippen LogP contribution in [0, 0.1) is 0 Å². The third-order valence-corrected chi connectivity index (χ3v) is 3.44. The fraction of sp³-hybridized carbons (Fsp3) is 0.278. The van der Waals surface area contributed by atoms with Gasteiger partial charge in [-0.25, -0.2) is 4.79 Å². The van der Waals surface area contributed by atoms with Crippen molar-refractivity contribution in [1.82, 2.24) is 4.98 Å². The minimum absolute atomic E-state index is 0.0402. The Labute approximate surface area is 135 Å². The van der Waals surface area contributed by atoms with Gasteiger partial charge in [0.1, 0.15) is 0 Å². The zero-order valence-electron chi connectivity index (χ0n) is 13.3. The summed E-state index contributed by atoms with van der Waals surface area (Å²) in [5.74, 6) is -0.555. The third kappa shape index (κ3) is 4.64. The molecule has 0 bridgehead atoms. The highest BCUT2D eigenvalue weighted by Gasteiger charge is 2.16. The van der Waals surface area contributed by atoms with Gasteiger partial charge in [-0.3, -0.25) is 9.78 Å². The average Bonchev–Trinajstić information content (AvgIpc) is 2.56. The standard InChI is InChI=1S/C18H20N2O3/c1-3-23-18(22)15-8-4-5-9-16(15)20-17(21)11-13(2)14-7-6-10-19-12-14/h4-10,12-13H,3,11H2,1-2H3,(H,20,21). The van der Waals surface area contributed by atoms with E-state index in [1.165, 1.54) is 0 Å². The van der Waals surface area contributed by atoms with E-state index in [9.17, 15) is 9.59 Å². The fourth-order valence-corrected chi connectivity index (χ4v) is 2.24. The number of amides is 1. The molecule has 0 fully saturated rings. The van der Waals surface area contributed by atoms with Crippen molar-refractivity contribution in [2.45, 2.75) is 26.2 Å². The molecule has 0 aliphatic heterocycles. The van der Waals surface area contributed by atoms with Crippen molar-refractivity contribution in [2.75, 3.05) is 11.9 Å². The lowest BCUT2D eigenvalue weighted by Crippen LogP contribution is -2.17. The van der Waals surface area contributed by atoms with Crippen LogP contribution < -0.4 is 5.32 Å². The number of anilines is 1. The van der Waals surface area contributed by atoms with Crippen LogP contribution in [0.1, 0.15) is 42.1 Å². The van der Waals surface area contributed by atoms with E-state index in [4.69, 9.17) is 4.74 Å². The maximum absolute atomic E-state index is 12.2. The largest absolute Gasteiger partial charge is 0.462 e. The van der Waals surface area contributed by atoms with Gasteiger partial charge in [-0.05, 0) is 36.6 Å². The van der Waals surface area contributed by atoms with Gasteiger partial charge in [0.05, 0.1) is 17.9 Å². The second-order valence-corrected chi connectivity index (χ2v) is 5.21. The van der Waals surface area contributed by atoms with E-state index in [0.29, 0.717) is 24.3 Å². The summed E-state index contributed by atoms with van der Waals surface area (Å²) < 4.78 is 5.00. The van der Waals surface area contributed by atoms with Gasteiger partial charge in [0.15, 0.2) is 0 Å². The maximum Gasteiger partial charge on any atom is 0.340 e. The van der Waals surface area contributed by atoms with E-state index in [-0.39, 0.29) is 11.8 Å². The molecule has 1 heterocycles. The van der Waals surface area contributed by atoms with E-state index in [2.05, 4.69) is 10.3 Å². The molecule has 1 N–H and O–H groups in total. The molecule has 1 amide bonds. The van der Waals surface area contributed by atoms with Crippen LogP contribution in [0.2, 0.25) is 0 Å². The Morgan fingerprint density at radius 1 is 1.22 bits per heavy atom. The molecule has 1 aromatic carbocycles. The van der Waals surface area contributed by atoms with Crippen molar-refractivity contribution in [1.29, 1.82) is 0 Å². The first kappa shape index (κ1) is 16.7. The van der Waals surface area contributed by atoms with E-state index in [1.54, 1.807) is 43.6 Å². The molecule has 0 aliphatic carbocycles. The van der Waals surface area contributed by atoms with Gasteiger partial charge in [0.2, 0.25) is 5.91 Å². The summed E-state index contributed by atoms with van der Waals surface area (Å²) in [6.45, 7) is 4.00. The molecule has 1 unspecified atom stereocenters. The van der Waals surface area contributed by atoms with E-state index < -0.39 is 5.97 Å². The van der Waals surface area contributed by atoms with Crippen molar-refractivity contribution in [3.8, 4) is 0 Å². The first-order valence-corrected chi connectivity index (χ1v) is 7.57. The summed E-state index contributed by atoms with van der Waals surface area (Å²) in [4.78, 5) is 28.2. The number of carbonyl (C=O) groups excluding carboxylic acids is 2. The molecular formula is C18H20N2O3. The number of hydrogen-bond donors (Lipinski definition) is 1. The van der Waals surface area contributed by atoms with Crippen LogP contribution in [0.15, 0.2) is 48.8 Å². The van der Waals surface area contributed by atoms with Crippen LogP contribution in [0.4, 0.5) is 5.69 Å². The molecule has 1 aromatic heterocycles. The molecule has 0 spiro atoms. The van der Waals surface area contributed by atoms with E-state index in [1.807, 2.05) is 19.1 Å². The van der Waals surface area contributed by atoms with Gasteiger partial charge < -0.3 is 10.1 Å². The minimum atomic E-state index is -0.441. The first-order valence-electron chi connectivity index (χ1n) is 7.57. The monoisotopic (exact) mass is 312 g/mol. The van der Waals surface area contributed by atoms with Crippen LogP contribution in [0.3, 0.4) is 0 Å². The number of ether oxygens (including phenoxy) is 1. The van der Waals surface area contributed by atoms with E-state index >= 15 is 0 Å². The highest BCUT2D eigenvalue weighted by Crippen LogP contribution is 2.21. The molecule has 23 heavy (non-hydrogen) atoms. The van der Waals surface area contributed by atoms with Crippen LogP contribution in [-0.2, 0) is 9.53 Å². The van der Waals surface area contributed by atoms with Gasteiger partial charge in [0, 0.05) is 18.8 Å². The summed E-state index contributed by atoms with van der Waals surface area (Å²) in [7, 11) is 0. The molecule has 5 heteroatoms. The Morgan fingerprint density at radius 2 is 2.00 bits per heavy atom. The Morgan fingerprint density at radius 3 is 2.70 bits per heavy atom. The van der Waals surface area contributed by atoms with Gasteiger partial charge in [-0.1, -0.05) is 25.1 Å². The highest BCUT2D eigenvalue weighted by molar-refractivity contribution is 6.01. The second kappa shape index (κ2) is 8.08. The van der Waals surface area contributed by atoms with Crippen molar-refractivity contribution < 1.29 is 14.3 Å². The van der Waals surface area contributed by atoms with Crippen molar-refractivity contribution in [2.24, 2.45) is 0 Å². The van der Waals surface area contributed by atoms with Crippen molar-refractivity contribution in [3.05, 3.63) is 59.9 Å². The molecule has 0 radical (unpaired) electrons. The normalized spacial score (nSPS) is 11.6. The number of hydrogen-bond acceptors (Lipinski definition) is 4. The predicted molar refractivity (Wildman–Crippen MR) is 88.3 cm³/mol. The van der Waals surface area contributed by atoms with Crippen LogP contribution >= 0.6 is 0 Å². The predicted octanol–water partition coefficient (Wildman–Crippen LogP) is 3.39.